The summed E-state index contributed by atoms with van der Waals surface area (Å²) in [6, 6.07) is 14.0. The first-order valence-corrected chi connectivity index (χ1v) is 13.2. The third kappa shape index (κ3) is 6.22. The number of nitrogens with one attached hydrogen (secondary N) is 2. The van der Waals surface area contributed by atoms with Crippen LogP contribution in [0.25, 0.3) is 0 Å². The van der Waals surface area contributed by atoms with Crippen molar-refractivity contribution < 1.29 is 18.0 Å². The third-order valence-corrected chi connectivity index (χ3v) is 8.07. The lowest BCUT2D eigenvalue weighted by molar-refractivity contribution is -0.123. The van der Waals surface area contributed by atoms with Crippen molar-refractivity contribution in [2.45, 2.75) is 37.6 Å². The van der Waals surface area contributed by atoms with Crippen molar-refractivity contribution in [2.24, 2.45) is 0 Å². The second-order valence-electron chi connectivity index (χ2n) is 8.26. The number of hydrogen-bond acceptors (Lipinski definition) is 6. The van der Waals surface area contributed by atoms with E-state index in [1.54, 1.807) is 63.5 Å². The molecule has 1 unspecified atom stereocenters. The van der Waals surface area contributed by atoms with Gasteiger partial charge >= 0.3 is 0 Å². The van der Waals surface area contributed by atoms with Gasteiger partial charge in [0.15, 0.2) is 0 Å². The highest BCUT2D eigenvalue weighted by Crippen LogP contribution is 2.35. The van der Waals surface area contributed by atoms with E-state index in [9.17, 15) is 18.0 Å². The average Bonchev–Trinajstić information content (AvgIpc) is 2.86. The Labute approximate surface area is 216 Å². The fourth-order valence-electron chi connectivity index (χ4n) is 3.83. The van der Waals surface area contributed by atoms with Crippen molar-refractivity contribution in [1.29, 1.82) is 0 Å². The van der Waals surface area contributed by atoms with Crippen LogP contribution in [0.15, 0.2) is 65.7 Å². The molecule has 0 radical (unpaired) electrons. The number of sulfonamides is 1. The number of nitrogens with zero attached hydrogens (tertiary/aromatic N) is 2. The predicted octanol–water partition coefficient (Wildman–Crippen LogP) is 3.91. The van der Waals surface area contributed by atoms with Crippen molar-refractivity contribution in [3.63, 3.8) is 0 Å². The molecule has 1 amide bonds. The van der Waals surface area contributed by atoms with Crippen molar-refractivity contribution >= 4 is 45.2 Å². The first kappa shape index (κ1) is 27.2. The van der Waals surface area contributed by atoms with E-state index in [0.29, 0.717) is 41.1 Å². The molecule has 36 heavy (non-hydrogen) atoms. The summed E-state index contributed by atoms with van der Waals surface area (Å²) in [7, 11) is -2.61. The van der Waals surface area contributed by atoms with Crippen LogP contribution in [-0.4, -0.2) is 45.2 Å². The quantitative estimate of drug-likeness (QED) is 0.365. The Hall–Kier alpha value is -3.43. The van der Waals surface area contributed by atoms with Crippen molar-refractivity contribution in [2.75, 3.05) is 23.2 Å². The number of aromatic nitrogens is 1. The average molecular weight is 529 g/mol. The van der Waals surface area contributed by atoms with Crippen LogP contribution in [0.3, 0.4) is 0 Å². The predicted molar refractivity (Wildman–Crippen MR) is 142 cm³/mol. The van der Waals surface area contributed by atoms with Gasteiger partial charge in [0, 0.05) is 36.9 Å². The lowest BCUT2D eigenvalue weighted by atomic mass is 10.1. The van der Waals surface area contributed by atoms with Crippen LogP contribution in [0, 0.1) is 13.8 Å². The molecule has 190 valence electrons. The van der Waals surface area contributed by atoms with Crippen molar-refractivity contribution in [3.8, 4) is 0 Å². The number of aldehydes is 1. The molecule has 0 fully saturated rings. The van der Waals surface area contributed by atoms with Gasteiger partial charge < -0.3 is 15.4 Å². The number of hydrogen-bond donors (Lipinski definition) is 2. The summed E-state index contributed by atoms with van der Waals surface area (Å²) in [5.74, 6) is -0.450. The largest absolute Gasteiger partial charge is 0.386 e. The zero-order valence-corrected chi connectivity index (χ0v) is 21.9. The van der Waals surface area contributed by atoms with Gasteiger partial charge in [0.1, 0.15) is 12.3 Å². The van der Waals surface area contributed by atoms with Gasteiger partial charge in [-0.3, -0.25) is 14.1 Å². The second kappa shape index (κ2) is 12.0. The Morgan fingerprint density at radius 3 is 2.50 bits per heavy atom. The topological polar surface area (TPSA) is 108 Å². The summed E-state index contributed by atoms with van der Waals surface area (Å²) in [4.78, 5) is 29.3. The number of rotatable bonds is 11. The molecule has 2 aromatic carbocycles. The molecule has 8 nitrogen and oxygen atoms in total. The maximum atomic E-state index is 14.0. The minimum absolute atomic E-state index is 0.0118. The van der Waals surface area contributed by atoms with E-state index in [2.05, 4.69) is 15.6 Å². The van der Waals surface area contributed by atoms with E-state index >= 15 is 0 Å². The summed E-state index contributed by atoms with van der Waals surface area (Å²) in [6.45, 7) is 3.65. The van der Waals surface area contributed by atoms with Gasteiger partial charge in [-0.05, 0) is 61.4 Å². The minimum atomic E-state index is -4.26. The Kier molecular flexibility index (Phi) is 9.06. The molecular weight excluding hydrogens is 500 g/mol. The lowest BCUT2D eigenvalue weighted by Gasteiger charge is -2.31. The molecule has 0 saturated carbocycles. The molecule has 2 N–H and O–H groups in total. The maximum absolute atomic E-state index is 14.0. The fraction of sp³-hybridized carbons (Fsp3) is 0.269. The first-order chi connectivity index (χ1) is 17.2. The highest BCUT2D eigenvalue weighted by molar-refractivity contribution is 7.93. The number of para-hydroxylation sites is 2. The third-order valence-electron chi connectivity index (χ3n) is 5.69. The van der Waals surface area contributed by atoms with Crippen LogP contribution in [-0.2, 0) is 26.0 Å². The van der Waals surface area contributed by atoms with Crippen LogP contribution in [0.4, 0.5) is 11.4 Å². The molecular formula is C26H29ClN4O4S. The molecule has 0 spiro atoms. The molecule has 0 aliphatic carbocycles. The molecule has 1 heterocycles. The molecule has 1 aromatic heterocycles. The van der Waals surface area contributed by atoms with Gasteiger partial charge in [-0.25, -0.2) is 8.42 Å². The number of pyridine rings is 1. The number of anilines is 2. The lowest BCUT2D eigenvalue weighted by Crippen LogP contribution is -2.45. The van der Waals surface area contributed by atoms with Crippen LogP contribution >= 0.6 is 11.6 Å². The summed E-state index contributed by atoms with van der Waals surface area (Å²) in [5.41, 5.74) is 2.57. The van der Waals surface area contributed by atoms with E-state index in [0.717, 1.165) is 10.00 Å². The number of benzene rings is 2. The van der Waals surface area contributed by atoms with Gasteiger partial charge in [-0.1, -0.05) is 29.8 Å². The van der Waals surface area contributed by atoms with Crippen LogP contribution in [0.5, 0.6) is 0 Å². The van der Waals surface area contributed by atoms with Gasteiger partial charge in [0.25, 0.3) is 10.0 Å². The second-order valence-corrected chi connectivity index (χ2v) is 10.5. The first-order valence-electron chi connectivity index (χ1n) is 11.4. The summed E-state index contributed by atoms with van der Waals surface area (Å²) < 4.78 is 29.1. The Balaban J connectivity index is 1.96. The van der Waals surface area contributed by atoms with E-state index in [1.807, 2.05) is 12.1 Å². The van der Waals surface area contributed by atoms with Gasteiger partial charge in [0.05, 0.1) is 22.7 Å². The van der Waals surface area contributed by atoms with Gasteiger partial charge in [-0.2, -0.15) is 0 Å². The maximum Gasteiger partial charge on any atom is 0.265 e. The number of aryl methyl sites for hydroxylation is 2. The normalized spacial score (nSPS) is 12.0. The summed E-state index contributed by atoms with van der Waals surface area (Å²) in [6.07, 6.45) is 2.31. The fourth-order valence-corrected chi connectivity index (χ4v) is 5.95. The smallest absolute Gasteiger partial charge is 0.265 e. The Morgan fingerprint density at radius 2 is 1.83 bits per heavy atom. The van der Waals surface area contributed by atoms with Gasteiger partial charge in [-0.15, -0.1) is 0 Å². The van der Waals surface area contributed by atoms with E-state index in [1.165, 1.54) is 6.07 Å². The molecule has 3 rings (SSSR count). The monoisotopic (exact) mass is 528 g/mol. The molecule has 0 saturated heterocycles. The molecule has 3 aromatic rings. The number of amides is 1. The number of carbonyl (C=O) groups is 2. The zero-order valence-electron chi connectivity index (χ0n) is 20.4. The van der Waals surface area contributed by atoms with Crippen molar-refractivity contribution in [3.05, 3.63) is 82.6 Å². The number of halogens is 1. The van der Waals surface area contributed by atoms with Gasteiger partial charge in [0.2, 0.25) is 5.91 Å². The molecule has 0 bridgehead atoms. The van der Waals surface area contributed by atoms with E-state index < -0.39 is 22.0 Å². The molecule has 1 atom stereocenters. The SMILES string of the molecule is CNc1ccccc1N(C(C=O)CC(=O)NCCc1ccccn1)S(=O)(=O)c1cc(C)c(Cl)cc1C. The highest BCUT2D eigenvalue weighted by Gasteiger charge is 2.35. The van der Waals surface area contributed by atoms with E-state index in [-0.39, 0.29) is 17.0 Å². The zero-order chi connectivity index (χ0) is 26.3. The molecule has 0 aliphatic rings. The Morgan fingerprint density at radius 1 is 1.11 bits per heavy atom. The Bertz CT molecular complexity index is 1330. The molecule has 10 heteroatoms. The van der Waals surface area contributed by atoms with Crippen LogP contribution < -0.4 is 14.9 Å². The van der Waals surface area contributed by atoms with E-state index in [4.69, 9.17) is 11.6 Å². The molecule has 0 aliphatic heterocycles. The van der Waals surface area contributed by atoms with Crippen molar-refractivity contribution in [1.82, 2.24) is 10.3 Å². The van der Waals surface area contributed by atoms with Crippen LogP contribution in [0.2, 0.25) is 5.02 Å². The highest BCUT2D eigenvalue weighted by atomic mass is 35.5. The summed E-state index contributed by atoms with van der Waals surface area (Å²) >= 11 is 6.20. The van der Waals surface area contributed by atoms with Crippen LogP contribution in [0.1, 0.15) is 23.2 Å². The standard InChI is InChI=1S/C26H29ClN4O4S/c1-18-15-25(19(2)14-22(18)27)36(34,35)31(24-10-5-4-9-23(24)28-3)21(17-32)16-26(33)30-13-11-20-8-6-7-12-29-20/h4-10,12,14-15,17,21,28H,11,13,16H2,1-3H3,(H,30,33). The number of carbonyl (C=O) groups excluding carboxylic acids is 2. The minimum Gasteiger partial charge on any atom is -0.386 e. The summed E-state index contributed by atoms with van der Waals surface area (Å²) in [5, 5.41) is 6.16.